The van der Waals surface area contributed by atoms with E-state index in [-0.39, 0.29) is 29.8 Å². The third kappa shape index (κ3) is 7.47. The molecule has 2 atom stereocenters. The maximum absolute atomic E-state index is 13.9. The van der Waals surface area contributed by atoms with Gasteiger partial charge in [-0.3, -0.25) is 4.79 Å². The fourth-order valence-electron chi connectivity index (χ4n) is 5.51. The standard InChI is InChI=1S/C33H37ClFN5O3/c1-21(28-19-36-30-7-5-4-6-27(28)30)31(32(41)37-24-10-13-29(34)22(18-24)20-39(2)3)38-33(42)40-16-14-26(15-17-40)43-25-11-8-23(35)9-12-25/h4-13,18-19,21,26,31,36H,14-17,20H2,1-3H3,(H,37,41)(H,38,42)/t21-,31+/m0/s1. The average Bonchev–Trinajstić information content (AvgIpc) is 3.43. The van der Waals surface area contributed by atoms with Crippen molar-refractivity contribution in [3.8, 4) is 5.75 Å². The molecule has 3 N–H and O–H groups in total. The van der Waals surface area contributed by atoms with Crippen LogP contribution in [0.1, 0.15) is 36.8 Å². The number of carbonyl (C=O) groups is 2. The summed E-state index contributed by atoms with van der Waals surface area (Å²) in [5.41, 5.74) is 3.40. The zero-order chi connectivity index (χ0) is 30.5. The highest BCUT2D eigenvalue weighted by Gasteiger charge is 2.32. The van der Waals surface area contributed by atoms with Crippen LogP contribution in [-0.2, 0) is 11.3 Å². The summed E-state index contributed by atoms with van der Waals surface area (Å²) in [7, 11) is 3.90. The van der Waals surface area contributed by atoms with Gasteiger partial charge in [0.15, 0.2) is 0 Å². The molecule has 0 saturated carbocycles. The number of ether oxygens (including phenoxy) is 1. The minimum atomic E-state index is -0.854. The Kier molecular flexibility index (Phi) is 9.52. The van der Waals surface area contributed by atoms with E-state index in [0.29, 0.717) is 48.9 Å². The summed E-state index contributed by atoms with van der Waals surface area (Å²) in [6.07, 6.45) is 3.07. The summed E-state index contributed by atoms with van der Waals surface area (Å²) in [6, 6.07) is 18.1. The molecule has 43 heavy (non-hydrogen) atoms. The lowest BCUT2D eigenvalue weighted by atomic mass is 9.92. The van der Waals surface area contributed by atoms with Crippen molar-refractivity contribution in [2.24, 2.45) is 0 Å². The van der Waals surface area contributed by atoms with Crippen molar-refractivity contribution in [2.75, 3.05) is 32.5 Å². The number of likely N-dealkylation sites (tertiary alicyclic amines) is 1. The van der Waals surface area contributed by atoms with E-state index in [2.05, 4.69) is 15.6 Å². The number of para-hydroxylation sites is 1. The van der Waals surface area contributed by atoms with Crippen molar-refractivity contribution in [2.45, 2.75) is 44.4 Å². The van der Waals surface area contributed by atoms with Crippen LogP contribution in [0.3, 0.4) is 0 Å². The van der Waals surface area contributed by atoms with Crippen LogP contribution in [0.15, 0.2) is 72.9 Å². The van der Waals surface area contributed by atoms with Gasteiger partial charge in [0.05, 0.1) is 0 Å². The Balaban J connectivity index is 1.31. The van der Waals surface area contributed by atoms with E-state index in [4.69, 9.17) is 16.3 Å². The van der Waals surface area contributed by atoms with E-state index in [1.54, 1.807) is 29.2 Å². The summed E-state index contributed by atoms with van der Waals surface area (Å²) in [5.74, 6) is -0.374. The minimum Gasteiger partial charge on any atom is -0.490 e. The first kappa shape index (κ1) is 30.4. The van der Waals surface area contributed by atoms with Gasteiger partial charge >= 0.3 is 6.03 Å². The molecule has 4 aromatic rings. The molecule has 1 aromatic heterocycles. The predicted octanol–water partition coefficient (Wildman–Crippen LogP) is 6.39. The molecule has 226 valence electrons. The molecule has 5 rings (SSSR count). The highest BCUT2D eigenvalue weighted by atomic mass is 35.5. The van der Waals surface area contributed by atoms with Gasteiger partial charge in [-0.05, 0) is 73.8 Å². The second-order valence-electron chi connectivity index (χ2n) is 11.3. The molecule has 1 aliphatic heterocycles. The summed E-state index contributed by atoms with van der Waals surface area (Å²) in [6.45, 7) is 3.51. The average molecular weight is 606 g/mol. The highest BCUT2D eigenvalue weighted by Crippen LogP contribution is 2.29. The number of benzene rings is 3. The van der Waals surface area contributed by atoms with E-state index >= 15 is 0 Å². The number of hydrogen-bond donors (Lipinski definition) is 3. The normalized spacial score (nSPS) is 15.3. The molecule has 0 aliphatic carbocycles. The maximum atomic E-state index is 13.9. The van der Waals surface area contributed by atoms with E-state index in [1.807, 2.05) is 62.4 Å². The zero-order valence-electron chi connectivity index (χ0n) is 24.6. The van der Waals surface area contributed by atoms with Crippen LogP contribution in [0.2, 0.25) is 5.02 Å². The van der Waals surface area contributed by atoms with Crippen LogP contribution in [0.5, 0.6) is 5.75 Å². The molecule has 1 saturated heterocycles. The molecule has 8 nitrogen and oxygen atoms in total. The number of hydrogen-bond acceptors (Lipinski definition) is 4. The molecule has 1 aliphatic rings. The number of amides is 3. The van der Waals surface area contributed by atoms with Gasteiger partial charge in [0.2, 0.25) is 5.91 Å². The summed E-state index contributed by atoms with van der Waals surface area (Å²) < 4.78 is 19.2. The molecule has 2 heterocycles. The van der Waals surface area contributed by atoms with Gasteiger partial charge in [-0.15, -0.1) is 0 Å². The van der Waals surface area contributed by atoms with Crippen molar-refractivity contribution >= 4 is 40.1 Å². The molecular weight excluding hydrogens is 569 g/mol. The van der Waals surface area contributed by atoms with Crippen LogP contribution in [0.25, 0.3) is 10.9 Å². The van der Waals surface area contributed by atoms with E-state index in [1.165, 1.54) is 12.1 Å². The Hall–Kier alpha value is -4.08. The number of rotatable bonds is 9. The number of H-pyrrole nitrogens is 1. The lowest BCUT2D eigenvalue weighted by Crippen LogP contribution is -2.53. The quantitative estimate of drug-likeness (QED) is 0.206. The summed E-state index contributed by atoms with van der Waals surface area (Å²) in [5, 5.41) is 7.67. The van der Waals surface area contributed by atoms with Gasteiger partial charge in [-0.25, -0.2) is 9.18 Å². The fraction of sp³-hybridized carbons (Fsp3) is 0.333. The van der Waals surface area contributed by atoms with Crippen molar-refractivity contribution in [1.82, 2.24) is 20.1 Å². The lowest BCUT2D eigenvalue weighted by molar-refractivity contribution is -0.118. The third-order valence-corrected chi connectivity index (χ3v) is 8.19. The maximum Gasteiger partial charge on any atom is 0.318 e. The first-order valence-corrected chi connectivity index (χ1v) is 14.8. The lowest BCUT2D eigenvalue weighted by Gasteiger charge is -2.34. The van der Waals surface area contributed by atoms with Gasteiger partial charge in [0.25, 0.3) is 0 Å². The van der Waals surface area contributed by atoms with Crippen molar-refractivity contribution in [3.05, 3.63) is 94.9 Å². The Bertz CT molecular complexity index is 1570. The Labute approximate surface area is 256 Å². The number of nitrogens with zero attached hydrogens (tertiary/aromatic N) is 2. The number of aromatic nitrogens is 1. The van der Waals surface area contributed by atoms with Crippen molar-refractivity contribution in [3.63, 3.8) is 0 Å². The van der Waals surface area contributed by atoms with Crippen LogP contribution in [-0.4, -0.2) is 66.1 Å². The number of piperidine rings is 1. The number of carbonyl (C=O) groups excluding carboxylic acids is 2. The van der Waals surface area contributed by atoms with Gasteiger partial charge in [-0.1, -0.05) is 36.7 Å². The first-order chi connectivity index (χ1) is 20.7. The molecule has 3 aromatic carbocycles. The van der Waals surface area contributed by atoms with Gasteiger partial charge in [0.1, 0.15) is 23.7 Å². The van der Waals surface area contributed by atoms with Crippen LogP contribution in [0.4, 0.5) is 14.9 Å². The third-order valence-electron chi connectivity index (χ3n) is 7.82. The Morgan fingerprint density at radius 3 is 2.53 bits per heavy atom. The van der Waals surface area contributed by atoms with E-state index in [9.17, 15) is 14.0 Å². The number of aromatic amines is 1. The van der Waals surface area contributed by atoms with Crippen LogP contribution < -0.4 is 15.4 Å². The largest absolute Gasteiger partial charge is 0.490 e. The number of nitrogens with one attached hydrogen (secondary N) is 3. The molecule has 0 spiro atoms. The first-order valence-electron chi connectivity index (χ1n) is 14.5. The molecular formula is C33H37ClFN5O3. The number of anilines is 1. The molecule has 3 amide bonds. The number of urea groups is 1. The van der Waals surface area contributed by atoms with Crippen molar-refractivity contribution in [1.29, 1.82) is 0 Å². The summed E-state index contributed by atoms with van der Waals surface area (Å²) in [4.78, 5) is 34.4. The smallest absolute Gasteiger partial charge is 0.318 e. The van der Waals surface area contributed by atoms with Gasteiger partial charge in [0, 0.05) is 66.2 Å². The van der Waals surface area contributed by atoms with E-state index < -0.39 is 6.04 Å². The second kappa shape index (κ2) is 13.5. The Morgan fingerprint density at radius 2 is 1.81 bits per heavy atom. The number of halogens is 2. The van der Waals surface area contributed by atoms with Gasteiger partial charge < -0.3 is 30.2 Å². The molecule has 0 unspecified atom stereocenters. The second-order valence-corrected chi connectivity index (χ2v) is 11.7. The van der Waals surface area contributed by atoms with Crippen LogP contribution in [0, 0.1) is 5.82 Å². The fourth-order valence-corrected chi connectivity index (χ4v) is 5.69. The van der Waals surface area contributed by atoms with E-state index in [0.717, 1.165) is 22.0 Å². The molecule has 0 bridgehead atoms. The SMILES string of the molecule is C[C@@H](c1c[nH]c2ccccc12)[C@@H](NC(=O)N1CCC(Oc2ccc(F)cc2)CC1)C(=O)Nc1ccc(Cl)c(CN(C)C)c1. The topological polar surface area (TPSA) is 89.7 Å². The minimum absolute atomic E-state index is 0.0833. The monoisotopic (exact) mass is 605 g/mol. The van der Waals surface area contributed by atoms with Crippen molar-refractivity contribution < 1.29 is 18.7 Å². The van der Waals surface area contributed by atoms with Gasteiger partial charge in [-0.2, -0.15) is 0 Å². The van der Waals surface area contributed by atoms with Crippen LogP contribution >= 0.6 is 11.6 Å². The highest BCUT2D eigenvalue weighted by molar-refractivity contribution is 6.31. The molecule has 10 heteroatoms. The zero-order valence-corrected chi connectivity index (χ0v) is 25.3. The predicted molar refractivity (Wildman–Crippen MR) is 168 cm³/mol. The molecule has 0 radical (unpaired) electrons. The molecule has 1 fully saturated rings. The Morgan fingerprint density at radius 1 is 1.09 bits per heavy atom. The summed E-state index contributed by atoms with van der Waals surface area (Å²) >= 11 is 6.40. The number of fused-ring (bicyclic) bond motifs is 1.